The van der Waals surface area contributed by atoms with Crippen LogP contribution in [0, 0.1) is 0 Å². The monoisotopic (exact) mass is 268 g/mol. The first-order valence-corrected chi connectivity index (χ1v) is 6.15. The third-order valence-electron chi connectivity index (χ3n) is 3.12. The molecule has 1 heterocycles. The number of aliphatic hydroxyl groups excluding tert-OH is 1. The highest BCUT2D eigenvalue weighted by molar-refractivity contribution is 5.81. The van der Waals surface area contributed by atoms with E-state index < -0.39 is 12.1 Å². The normalized spacial score (nSPS) is 21.9. The van der Waals surface area contributed by atoms with Crippen molar-refractivity contribution in [3.63, 3.8) is 0 Å². The van der Waals surface area contributed by atoms with Gasteiger partial charge < -0.3 is 10.4 Å². The summed E-state index contributed by atoms with van der Waals surface area (Å²) in [6.07, 6.45) is -1.31. The molecule has 0 spiro atoms. The van der Waals surface area contributed by atoms with Crippen LogP contribution in [0.25, 0.3) is 0 Å². The Hall–Kier alpha value is -0.820. The van der Waals surface area contributed by atoms with Gasteiger partial charge in [0.25, 0.3) is 0 Å². The van der Waals surface area contributed by atoms with Crippen molar-refractivity contribution in [2.75, 3.05) is 26.2 Å². The lowest BCUT2D eigenvalue weighted by Crippen LogP contribution is -2.43. The minimum Gasteiger partial charge on any atom is -0.395 e. The van der Waals surface area contributed by atoms with Gasteiger partial charge in [0.15, 0.2) is 0 Å². The number of alkyl halides is 3. The van der Waals surface area contributed by atoms with Crippen molar-refractivity contribution >= 4 is 5.91 Å². The lowest BCUT2D eigenvalue weighted by atomic mass is 10.0. The largest absolute Gasteiger partial charge is 0.471 e. The van der Waals surface area contributed by atoms with Crippen LogP contribution in [0.15, 0.2) is 0 Å². The van der Waals surface area contributed by atoms with Gasteiger partial charge in [0, 0.05) is 19.1 Å². The van der Waals surface area contributed by atoms with Crippen molar-refractivity contribution in [3.8, 4) is 0 Å². The van der Waals surface area contributed by atoms with Crippen LogP contribution in [-0.4, -0.2) is 54.4 Å². The molecule has 1 aliphatic heterocycles. The number of rotatable bonds is 5. The Bertz CT molecular complexity index is 272. The molecule has 0 aromatic rings. The van der Waals surface area contributed by atoms with E-state index in [1.54, 1.807) is 0 Å². The molecule has 0 radical (unpaired) electrons. The summed E-state index contributed by atoms with van der Waals surface area (Å²) < 4.78 is 35.7. The zero-order chi connectivity index (χ0) is 13.6. The number of piperidine rings is 1. The number of hydrogen-bond acceptors (Lipinski definition) is 3. The van der Waals surface area contributed by atoms with Gasteiger partial charge in [-0.15, -0.1) is 0 Å². The summed E-state index contributed by atoms with van der Waals surface area (Å²) in [5, 5.41) is 11.0. The Labute approximate surface area is 104 Å². The fourth-order valence-electron chi connectivity index (χ4n) is 2.15. The van der Waals surface area contributed by atoms with Gasteiger partial charge in [-0.05, 0) is 25.8 Å². The number of amides is 1. The van der Waals surface area contributed by atoms with Crippen LogP contribution in [0.2, 0.25) is 0 Å². The van der Waals surface area contributed by atoms with Crippen LogP contribution in [0.5, 0.6) is 0 Å². The van der Waals surface area contributed by atoms with Crippen molar-refractivity contribution in [3.05, 3.63) is 0 Å². The number of aliphatic hydroxyl groups is 1. The second-order valence-electron chi connectivity index (χ2n) is 4.48. The number of likely N-dealkylation sites (tertiary alicyclic amines) is 1. The molecule has 1 rings (SSSR count). The molecule has 0 bridgehead atoms. The summed E-state index contributed by atoms with van der Waals surface area (Å²) in [6, 6.07) is 0.108. The molecule has 0 saturated carbocycles. The summed E-state index contributed by atoms with van der Waals surface area (Å²) in [5.74, 6) is -1.89. The van der Waals surface area contributed by atoms with E-state index in [4.69, 9.17) is 5.11 Å². The maximum absolute atomic E-state index is 11.9. The summed E-state index contributed by atoms with van der Waals surface area (Å²) in [4.78, 5) is 12.6. The minimum atomic E-state index is -4.81. The number of nitrogens with zero attached hydrogens (tertiary/aromatic N) is 1. The van der Waals surface area contributed by atoms with E-state index in [0.717, 1.165) is 25.8 Å². The zero-order valence-corrected chi connectivity index (χ0v) is 10.2. The minimum absolute atomic E-state index is 0.00694. The van der Waals surface area contributed by atoms with Crippen molar-refractivity contribution < 1.29 is 23.1 Å². The highest BCUT2D eigenvalue weighted by atomic mass is 19.4. The molecule has 1 saturated heterocycles. The van der Waals surface area contributed by atoms with E-state index in [1.807, 2.05) is 5.32 Å². The van der Waals surface area contributed by atoms with Gasteiger partial charge in [-0.1, -0.05) is 6.42 Å². The number of carbonyl (C=O) groups is 1. The first kappa shape index (κ1) is 15.2. The maximum atomic E-state index is 11.9. The van der Waals surface area contributed by atoms with Gasteiger partial charge in [0.2, 0.25) is 0 Å². The first-order chi connectivity index (χ1) is 8.45. The van der Waals surface area contributed by atoms with Gasteiger partial charge in [-0.2, -0.15) is 13.2 Å². The maximum Gasteiger partial charge on any atom is 0.471 e. The SMILES string of the molecule is O=C(NCCCN1CCCCC1CO)C(F)(F)F. The molecule has 4 nitrogen and oxygen atoms in total. The van der Waals surface area contributed by atoms with Crippen LogP contribution in [0.3, 0.4) is 0 Å². The predicted octanol–water partition coefficient (Wildman–Crippen LogP) is 0.902. The van der Waals surface area contributed by atoms with E-state index in [9.17, 15) is 18.0 Å². The topological polar surface area (TPSA) is 52.6 Å². The van der Waals surface area contributed by atoms with Crippen LogP contribution in [0.4, 0.5) is 13.2 Å². The Balaban J connectivity index is 2.19. The molecule has 7 heteroatoms. The number of carbonyl (C=O) groups excluding carboxylic acids is 1. The fourth-order valence-corrected chi connectivity index (χ4v) is 2.15. The summed E-state index contributed by atoms with van der Waals surface area (Å²) in [6.45, 7) is 1.55. The lowest BCUT2D eigenvalue weighted by molar-refractivity contribution is -0.173. The van der Waals surface area contributed by atoms with Crippen LogP contribution in [-0.2, 0) is 4.79 Å². The summed E-state index contributed by atoms with van der Waals surface area (Å²) >= 11 is 0. The van der Waals surface area contributed by atoms with Gasteiger partial charge in [0.1, 0.15) is 0 Å². The Kier molecular flexibility index (Phi) is 5.87. The third-order valence-corrected chi connectivity index (χ3v) is 3.12. The Morgan fingerprint density at radius 3 is 2.72 bits per heavy atom. The Morgan fingerprint density at radius 2 is 2.11 bits per heavy atom. The van der Waals surface area contributed by atoms with Crippen LogP contribution >= 0.6 is 0 Å². The molecule has 1 amide bonds. The smallest absolute Gasteiger partial charge is 0.395 e. The van der Waals surface area contributed by atoms with E-state index >= 15 is 0 Å². The van der Waals surface area contributed by atoms with Gasteiger partial charge in [-0.25, -0.2) is 0 Å². The molecule has 0 aromatic heterocycles. The second kappa shape index (κ2) is 6.94. The zero-order valence-electron chi connectivity index (χ0n) is 10.2. The van der Waals surface area contributed by atoms with Crippen LogP contribution in [0.1, 0.15) is 25.7 Å². The highest BCUT2D eigenvalue weighted by Gasteiger charge is 2.38. The fraction of sp³-hybridized carbons (Fsp3) is 0.909. The number of hydrogen-bond donors (Lipinski definition) is 2. The number of halogens is 3. The van der Waals surface area contributed by atoms with Gasteiger partial charge >= 0.3 is 12.1 Å². The highest BCUT2D eigenvalue weighted by Crippen LogP contribution is 2.17. The molecule has 0 aliphatic carbocycles. The molecule has 106 valence electrons. The lowest BCUT2D eigenvalue weighted by Gasteiger charge is -2.34. The van der Waals surface area contributed by atoms with E-state index in [-0.39, 0.29) is 19.2 Å². The molecular weight excluding hydrogens is 249 g/mol. The van der Waals surface area contributed by atoms with Gasteiger partial charge in [-0.3, -0.25) is 9.69 Å². The average Bonchev–Trinajstić information content (AvgIpc) is 2.33. The van der Waals surface area contributed by atoms with Gasteiger partial charge in [0.05, 0.1) is 6.61 Å². The average molecular weight is 268 g/mol. The molecule has 18 heavy (non-hydrogen) atoms. The molecular formula is C11H19F3N2O2. The molecule has 2 N–H and O–H groups in total. The van der Waals surface area contributed by atoms with Crippen LogP contribution < -0.4 is 5.32 Å². The quantitative estimate of drug-likeness (QED) is 0.728. The van der Waals surface area contributed by atoms with Crippen molar-refractivity contribution in [1.82, 2.24) is 10.2 Å². The molecule has 1 aliphatic rings. The molecule has 1 fully saturated rings. The van der Waals surface area contributed by atoms with E-state index in [1.165, 1.54) is 0 Å². The molecule has 1 unspecified atom stereocenters. The van der Waals surface area contributed by atoms with Crippen molar-refractivity contribution in [1.29, 1.82) is 0 Å². The predicted molar refractivity (Wildman–Crippen MR) is 60.0 cm³/mol. The Morgan fingerprint density at radius 1 is 1.39 bits per heavy atom. The van der Waals surface area contributed by atoms with Crippen molar-refractivity contribution in [2.45, 2.75) is 37.9 Å². The van der Waals surface area contributed by atoms with E-state index in [2.05, 4.69) is 4.90 Å². The molecule has 0 aromatic carbocycles. The summed E-state index contributed by atoms with van der Waals surface area (Å²) in [5.41, 5.74) is 0. The van der Waals surface area contributed by atoms with Crippen molar-refractivity contribution in [2.24, 2.45) is 0 Å². The summed E-state index contributed by atoms with van der Waals surface area (Å²) in [7, 11) is 0. The first-order valence-electron chi connectivity index (χ1n) is 6.15. The second-order valence-corrected chi connectivity index (χ2v) is 4.48. The third kappa shape index (κ3) is 4.81. The standard InChI is InChI=1S/C11H19F3N2O2/c12-11(13,14)10(18)15-5-3-7-16-6-2-1-4-9(16)8-17/h9,17H,1-8H2,(H,15,18). The number of nitrogens with one attached hydrogen (secondary N) is 1. The molecule has 1 atom stereocenters. The van der Waals surface area contributed by atoms with E-state index in [0.29, 0.717) is 13.0 Å².